The molecule has 1 amide bonds. The van der Waals surface area contributed by atoms with Gasteiger partial charge in [-0.05, 0) is 30.3 Å². The quantitative estimate of drug-likeness (QED) is 0.933. The molecule has 0 aliphatic heterocycles. The van der Waals surface area contributed by atoms with Crippen LogP contribution < -0.4 is 10.6 Å². The van der Waals surface area contributed by atoms with E-state index in [0.29, 0.717) is 10.6 Å². The normalized spacial score (nSPS) is 10.5. The average Bonchev–Trinajstić information content (AvgIpc) is 2.74. The van der Waals surface area contributed by atoms with Crippen molar-refractivity contribution in [3.8, 4) is 0 Å². The Bertz CT molecular complexity index is 612. The molecule has 2 rings (SSSR count). The summed E-state index contributed by atoms with van der Waals surface area (Å²) in [4.78, 5) is 14.3. The van der Waals surface area contributed by atoms with Crippen LogP contribution in [0.1, 0.15) is 15.2 Å². The molecule has 0 unspecified atom stereocenters. The Labute approximate surface area is 125 Å². The van der Waals surface area contributed by atoms with Gasteiger partial charge in [0, 0.05) is 17.6 Å². The number of halogens is 2. The first-order valence-corrected chi connectivity index (χ1v) is 7.09. The highest BCUT2D eigenvalue weighted by Gasteiger charge is 2.10. The van der Waals surface area contributed by atoms with Gasteiger partial charge in [-0.1, -0.05) is 23.2 Å². The summed E-state index contributed by atoms with van der Waals surface area (Å²) in [7, 11) is 1.95. The third kappa shape index (κ3) is 3.41. The first-order valence-electron chi connectivity index (χ1n) is 5.52. The van der Waals surface area contributed by atoms with Gasteiger partial charge >= 0.3 is 0 Å². The van der Waals surface area contributed by atoms with Gasteiger partial charge in [0.2, 0.25) is 5.91 Å². The number of rotatable bonds is 4. The number of primary amides is 1. The molecule has 6 heteroatoms. The summed E-state index contributed by atoms with van der Waals surface area (Å²) in [5, 5.41) is 0.362. The predicted molar refractivity (Wildman–Crippen MR) is 81.4 cm³/mol. The predicted octanol–water partition coefficient (Wildman–Crippen LogP) is 3.79. The molecule has 0 saturated carbocycles. The van der Waals surface area contributed by atoms with Crippen LogP contribution in [-0.2, 0) is 6.54 Å². The lowest BCUT2D eigenvalue weighted by Gasteiger charge is -2.19. The molecule has 0 radical (unpaired) electrons. The molecule has 2 N–H and O–H groups in total. The molecule has 3 nitrogen and oxygen atoms in total. The van der Waals surface area contributed by atoms with Crippen molar-refractivity contribution in [3.05, 3.63) is 50.1 Å². The Hall–Kier alpha value is -1.23. The van der Waals surface area contributed by atoms with E-state index in [-0.39, 0.29) is 0 Å². The fourth-order valence-corrected chi connectivity index (χ4v) is 3.11. The smallest absolute Gasteiger partial charge is 0.250 e. The van der Waals surface area contributed by atoms with Crippen molar-refractivity contribution in [1.82, 2.24) is 0 Å². The van der Waals surface area contributed by atoms with Gasteiger partial charge in [-0.25, -0.2) is 0 Å². The second kappa shape index (κ2) is 5.82. The molecule has 100 valence electrons. The van der Waals surface area contributed by atoms with Crippen LogP contribution in [0.3, 0.4) is 0 Å². The number of anilines is 1. The van der Waals surface area contributed by atoms with Gasteiger partial charge in [-0.3, -0.25) is 4.79 Å². The molecule has 0 atom stereocenters. The Morgan fingerprint density at radius 1 is 1.32 bits per heavy atom. The second-order valence-corrected chi connectivity index (χ2v) is 6.30. The van der Waals surface area contributed by atoms with Gasteiger partial charge in [-0.2, -0.15) is 0 Å². The molecular formula is C13H12Cl2N2OS. The fraction of sp³-hybridized carbons (Fsp3) is 0.154. The van der Waals surface area contributed by atoms with E-state index in [0.717, 1.165) is 21.4 Å². The van der Waals surface area contributed by atoms with Crippen LogP contribution in [0.4, 0.5) is 5.69 Å². The third-order valence-electron chi connectivity index (χ3n) is 2.68. The number of nitrogens with zero attached hydrogens (tertiary/aromatic N) is 1. The van der Waals surface area contributed by atoms with Crippen LogP contribution in [-0.4, -0.2) is 13.0 Å². The van der Waals surface area contributed by atoms with Gasteiger partial charge in [0.25, 0.3) is 0 Å². The minimum absolute atomic E-state index is 0.331. The van der Waals surface area contributed by atoms with Crippen molar-refractivity contribution in [1.29, 1.82) is 0 Å². The molecule has 0 fully saturated rings. The number of carbonyl (C=O) groups is 1. The maximum Gasteiger partial charge on any atom is 0.250 e. The van der Waals surface area contributed by atoms with Crippen LogP contribution in [0, 0.1) is 0 Å². The van der Waals surface area contributed by atoms with E-state index >= 15 is 0 Å². The van der Waals surface area contributed by atoms with Crippen molar-refractivity contribution < 1.29 is 4.79 Å². The average molecular weight is 315 g/mol. The van der Waals surface area contributed by atoms with Crippen molar-refractivity contribution in [2.24, 2.45) is 5.73 Å². The molecule has 19 heavy (non-hydrogen) atoms. The van der Waals surface area contributed by atoms with E-state index in [2.05, 4.69) is 0 Å². The second-order valence-electron chi connectivity index (χ2n) is 4.09. The Morgan fingerprint density at radius 3 is 2.58 bits per heavy atom. The number of hydrogen-bond acceptors (Lipinski definition) is 3. The maximum atomic E-state index is 11.1. The topological polar surface area (TPSA) is 46.3 Å². The molecule has 1 aromatic heterocycles. The molecular weight excluding hydrogens is 303 g/mol. The van der Waals surface area contributed by atoms with E-state index in [4.69, 9.17) is 28.9 Å². The summed E-state index contributed by atoms with van der Waals surface area (Å²) in [6, 6.07) is 9.05. The van der Waals surface area contributed by atoms with E-state index in [1.54, 1.807) is 12.1 Å². The maximum absolute atomic E-state index is 11.1. The van der Waals surface area contributed by atoms with Crippen molar-refractivity contribution >= 4 is 46.1 Å². The van der Waals surface area contributed by atoms with Gasteiger partial charge < -0.3 is 10.6 Å². The summed E-state index contributed by atoms with van der Waals surface area (Å²) in [5.41, 5.74) is 6.46. The van der Waals surface area contributed by atoms with Gasteiger partial charge in [0.1, 0.15) is 0 Å². The van der Waals surface area contributed by atoms with Gasteiger partial charge in [-0.15, -0.1) is 11.3 Å². The number of thiophene rings is 1. The fourth-order valence-electron chi connectivity index (χ4n) is 1.70. The Morgan fingerprint density at radius 2 is 2.05 bits per heavy atom. The zero-order valence-corrected chi connectivity index (χ0v) is 12.5. The lowest BCUT2D eigenvalue weighted by molar-refractivity contribution is 0.100. The lowest BCUT2D eigenvalue weighted by atomic mass is 10.2. The molecule has 0 aliphatic carbocycles. The highest BCUT2D eigenvalue weighted by Crippen LogP contribution is 2.27. The summed E-state index contributed by atoms with van der Waals surface area (Å²) < 4.78 is 0.769. The molecule has 2 aromatic rings. The van der Waals surface area contributed by atoms with Crippen LogP contribution in [0.2, 0.25) is 9.36 Å². The largest absolute Gasteiger partial charge is 0.369 e. The van der Waals surface area contributed by atoms with Crippen LogP contribution in [0.5, 0.6) is 0 Å². The molecule has 0 saturated heterocycles. The number of amides is 1. The summed E-state index contributed by atoms with van der Waals surface area (Å²) in [6.45, 7) is 0.726. The van der Waals surface area contributed by atoms with E-state index in [1.165, 1.54) is 11.3 Å². The molecule has 0 spiro atoms. The number of benzene rings is 1. The third-order valence-corrected chi connectivity index (χ3v) is 4.21. The highest BCUT2D eigenvalue weighted by atomic mass is 35.5. The number of hydrogen-bond donors (Lipinski definition) is 1. The van der Waals surface area contributed by atoms with Crippen molar-refractivity contribution in [3.63, 3.8) is 0 Å². The molecule has 0 aliphatic rings. The molecule has 1 aromatic carbocycles. The zero-order chi connectivity index (χ0) is 14.0. The summed E-state index contributed by atoms with van der Waals surface area (Å²) in [5.74, 6) is -0.524. The minimum Gasteiger partial charge on any atom is -0.369 e. The van der Waals surface area contributed by atoms with Crippen LogP contribution >= 0.6 is 34.5 Å². The summed E-state index contributed by atoms with van der Waals surface area (Å²) in [6.07, 6.45) is 0. The first-order chi connectivity index (χ1) is 8.97. The lowest BCUT2D eigenvalue weighted by Crippen LogP contribution is -2.16. The van der Waals surface area contributed by atoms with E-state index in [1.807, 2.05) is 30.1 Å². The number of carbonyl (C=O) groups excluding carboxylic acids is 1. The molecule has 0 bridgehead atoms. The van der Waals surface area contributed by atoms with Crippen LogP contribution in [0.25, 0.3) is 0 Å². The Kier molecular flexibility index (Phi) is 4.34. The minimum atomic E-state index is -0.524. The van der Waals surface area contributed by atoms with E-state index in [9.17, 15) is 4.79 Å². The zero-order valence-electron chi connectivity index (χ0n) is 10.2. The number of nitrogens with two attached hydrogens (primary N) is 1. The highest BCUT2D eigenvalue weighted by molar-refractivity contribution is 7.16. The van der Waals surface area contributed by atoms with Crippen molar-refractivity contribution in [2.45, 2.75) is 6.54 Å². The SMILES string of the molecule is CN(Cc1ccc(Cl)s1)c1ccc(C(N)=O)c(Cl)c1. The van der Waals surface area contributed by atoms with Crippen molar-refractivity contribution in [2.75, 3.05) is 11.9 Å². The summed E-state index contributed by atoms with van der Waals surface area (Å²) >= 11 is 13.5. The molecule has 1 heterocycles. The Balaban J connectivity index is 2.17. The van der Waals surface area contributed by atoms with Crippen LogP contribution in [0.15, 0.2) is 30.3 Å². The van der Waals surface area contributed by atoms with Gasteiger partial charge in [0.05, 0.1) is 21.5 Å². The first kappa shape index (κ1) is 14.2. The monoisotopic (exact) mass is 314 g/mol. The standard InChI is InChI=1S/C13H12Cl2N2OS/c1-17(7-9-3-5-12(15)19-9)8-2-4-10(13(16)18)11(14)6-8/h2-6H,7H2,1H3,(H2,16,18). The van der Waals surface area contributed by atoms with E-state index < -0.39 is 5.91 Å². The van der Waals surface area contributed by atoms with Gasteiger partial charge in [0.15, 0.2) is 0 Å².